The number of phosphoric acid groups is 2. The maximum absolute atomic E-state index is 13.0. The Labute approximate surface area is 678 Å². The Bertz CT molecular complexity index is 2500. The number of allylic oxidation sites excluding steroid dienone is 20. The summed E-state index contributed by atoms with van der Waals surface area (Å²) in [5.74, 6) is -1.56. The quantitative estimate of drug-likeness (QED) is 0.0146. The van der Waals surface area contributed by atoms with Crippen molar-refractivity contribution in [2.24, 2.45) is 0 Å². The second-order valence-electron chi connectivity index (χ2n) is 30.0. The molecule has 0 aliphatic rings. The van der Waals surface area contributed by atoms with Crippen molar-refractivity contribution in [2.75, 3.05) is 39.6 Å². The Hall–Kier alpha value is -4.05. The smallest absolute Gasteiger partial charge is 0.463 e. The Balaban J connectivity index is 4.33. The molecule has 18 heteroatoms. The first-order valence-electron chi connectivity index (χ1n) is 44.8. The van der Waals surface area contributed by atoms with Crippen molar-refractivity contribution < 1.29 is 75.8 Å². The molecule has 0 bridgehead atoms. The second kappa shape index (κ2) is 85.3. The molecule has 0 saturated carbocycles. The molecule has 0 aliphatic heterocycles. The first-order valence-corrected chi connectivity index (χ1v) is 47.8. The predicted molar refractivity (Wildman–Crippen MR) is 463 cm³/mol. The highest BCUT2D eigenvalue weighted by Gasteiger charge is 2.29. The van der Waals surface area contributed by atoms with E-state index in [1.54, 1.807) is 0 Å². The van der Waals surface area contributed by atoms with Crippen LogP contribution in [0.1, 0.15) is 393 Å². The van der Waals surface area contributed by atoms with Crippen molar-refractivity contribution in [1.29, 1.82) is 0 Å². The van der Waals surface area contributed by atoms with E-state index in [0.29, 0.717) is 19.3 Å². The van der Waals surface area contributed by atoms with Gasteiger partial charge in [0.15, 0.2) is 6.10 Å². The lowest BCUT2D eigenvalue weighted by Gasteiger charge is -2.21. The van der Waals surface area contributed by atoms with Gasteiger partial charge in [-0.2, -0.15) is 0 Å². The van der Waals surface area contributed by atoms with E-state index in [9.17, 15) is 43.5 Å². The summed E-state index contributed by atoms with van der Waals surface area (Å²) in [7, 11) is -9.78. The van der Waals surface area contributed by atoms with Crippen molar-refractivity contribution in [3.63, 3.8) is 0 Å². The molecule has 0 spiro atoms. The maximum Gasteiger partial charge on any atom is 0.472 e. The molecular weight excluding hydrogens is 1430 g/mol. The molecule has 16 nitrogen and oxygen atoms in total. The molecule has 642 valence electrons. The molecule has 0 aromatic heterocycles. The number of rotatable bonds is 85. The molecule has 0 heterocycles. The molecule has 0 amide bonds. The lowest BCUT2D eigenvalue weighted by Crippen LogP contribution is -2.30. The molecule has 0 fully saturated rings. The third kappa shape index (κ3) is 86.6. The number of carbonyl (C=O) groups excluding carboxylic acids is 3. The van der Waals surface area contributed by atoms with Gasteiger partial charge in [0.2, 0.25) is 0 Å². The van der Waals surface area contributed by atoms with Gasteiger partial charge in [0, 0.05) is 19.3 Å². The topological polar surface area (TPSA) is 231 Å². The Morgan fingerprint density at radius 2 is 0.477 bits per heavy atom. The zero-order valence-electron chi connectivity index (χ0n) is 70.6. The first kappa shape index (κ1) is 107. The predicted octanol–water partition coefficient (Wildman–Crippen LogP) is 27.2. The number of esters is 3. The van der Waals surface area contributed by atoms with Gasteiger partial charge in [-0.05, 0) is 116 Å². The zero-order chi connectivity index (χ0) is 80.8. The summed E-state index contributed by atoms with van der Waals surface area (Å²) >= 11 is 0. The average molecular weight is 1600 g/mol. The molecule has 0 rings (SSSR count). The number of carbonyl (C=O) groups is 3. The van der Waals surface area contributed by atoms with E-state index in [0.717, 1.165) is 128 Å². The lowest BCUT2D eigenvalue weighted by molar-refractivity contribution is -0.161. The van der Waals surface area contributed by atoms with E-state index in [4.69, 9.17) is 32.3 Å². The molecule has 0 radical (unpaired) electrons. The van der Waals surface area contributed by atoms with Crippen LogP contribution in [-0.2, 0) is 55.8 Å². The van der Waals surface area contributed by atoms with Gasteiger partial charge in [-0.1, -0.05) is 380 Å². The highest BCUT2D eigenvalue weighted by atomic mass is 31.2. The van der Waals surface area contributed by atoms with E-state index in [1.165, 1.54) is 205 Å². The average Bonchev–Trinajstić information content (AvgIpc) is 0.898. The summed E-state index contributed by atoms with van der Waals surface area (Å²) in [6.45, 7) is 2.58. The van der Waals surface area contributed by atoms with Crippen LogP contribution in [0.5, 0.6) is 0 Å². The van der Waals surface area contributed by atoms with Gasteiger partial charge in [0.1, 0.15) is 25.4 Å². The van der Waals surface area contributed by atoms with E-state index < -0.39 is 91.5 Å². The summed E-state index contributed by atoms with van der Waals surface area (Å²) in [5.41, 5.74) is 0. The molecule has 111 heavy (non-hydrogen) atoms. The van der Waals surface area contributed by atoms with Crippen LogP contribution >= 0.6 is 15.6 Å². The fourth-order valence-corrected chi connectivity index (χ4v) is 14.0. The monoisotopic (exact) mass is 1600 g/mol. The SMILES string of the molecule is CC/C=C\C/C=C\C/C=C\C/C=C\C/C=C\C/C=C\CCCCCCCCCCCCCCCCCCC(=O)OCC(O)COP(=O)(O)OCC(O)COP(=O)(O)OCC(COC(=O)CCCCCCCCCCCCCCC/C=C\C/C=C\C/C=C\C/C=C\CCCCC)OC(=O)CCCCCCCCCCCCC. The second-order valence-corrected chi connectivity index (χ2v) is 32.9. The molecule has 0 aliphatic carbocycles. The summed E-state index contributed by atoms with van der Waals surface area (Å²) < 4.78 is 61.3. The van der Waals surface area contributed by atoms with Crippen molar-refractivity contribution in [3.05, 3.63) is 122 Å². The largest absolute Gasteiger partial charge is 0.472 e. The van der Waals surface area contributed by atoms with E-state index in [1.807, 2.05) is 0 Å². The first-order chi connectivity index (χ1) is 54.2. The van der Waals surface area contributed by atoms with Gasteiger partial charge in [0.25, 0.3) is 0 Å². The Morgan fingerprint density at radius 3 is 0.775 bits per heavy atom. The van der Waals surface area contributed by atoms with Crippen LogP contribution in [0.25, 0.3) is 0 Å². The fraction of sp³-hybridized carbons (Fsp3) is 0.753. The molecule has 4 N–H and O–H groups in total. The molecule has 0 saturated heterocycles. The van der Waals surface area contributed by atoms with Crippen molar-refractivity contribution >= 4 is 33.6 Å². The van der Waals surface area contributed by atoms with Crippen LogP contribution < -0.4 is 0 Å². The summed E-state index contributed by atoms with van der Waals surface area (Å²) in [5, 5.41) is 20.7. The maximum atomic E-state index is 13.0. The number of phosphoric ester groups is 2. The van der Waals surface area contributed by atoms with Gasteiger partial charge in [-0.15, -0.1) is 0 Å². The number of unbranched alkanes of at least 4 members (excludes halogenated alkanes) is 42. The third-order valence-electron chi connectivity index (χ3n) is 19.2. The van der Waals surface area contributed by atoms with Crippen LogP contribution in [0.3, 0.4) is 0 Å². The van der Waals surface area contributed by atoms with Crippen LogP contribution in [-0.4, -0.2) is 95.9 Å². The highest BCUT2D eigenvalue weighted by Crippen LogP contribution is 2.45. The van der Waals surface area contributed by atoms with Gasteiger partial charge < -0.3 is 34.2 Å². The molecular formula is C93H164O16P2. The summed E-state index contributed by atoms with van der Waals surface area (Å²) in [6, 6.07) is 0. The van der Waals surface area contributed by atoms with E-state index in [2.05, 4.69) is 142 Å². The molecule has 0 aromatic rings. The van der Waals surface area contributed by atoms with Crippen LogP contribution in [0, 0.1) is 0 Å². The number of hydrogen-bond donors (Lipinski definition) is 4. The normalized spacial score (nSPS) is 14.4. The summed E-state index contributed by atoms with van der Waals surface area (Å²) in [4.78, 5) is 58.7. The van der Waals surface area contributed by atoms with E-state index >= 15 is 0 Å². The van der Waals surface area contributed by atoms with Crippen molar-refractivity contribution in [2.45, 2.75) is 411 Å². The van der Waals surface area contributed by atoms with Crippen LogP contribution in [0.15, 0.2) is 122 Å². The Kier molecular flexibility index (Phi) is 82.2. The van der Waals surface area contributed by atoms with E-state index in [-0.39, 0.29) is 19.3 Å². The number of hydrogen-bond acceptors (Lipinski definition) is 14. The van der Waals surface area contributed by atoms with Gasteiger partial charge >= 0.3 is 33.6 Å². The highest BCUT2D eigenvalue weighted by molar-refractivity contribution is 7.47. The standard InChI is InChI=1S/C93H164O16P2/c1-4-7-10-13-16-19-22-24-26-28-30-32-34-36-38-40-41-42-43-44-45-47-49-50-52-54-56-58-60-62-65-67-70-73-76-79-91(96)103-82-88(94)83-105-110(99,100)106-84-89(95)85-107-111(101,102)108-87-90(109-93(98)81-78-75-72-69-64-21-18-15-12-9-6-3)86-104-92(97)80-77-74-71-68-66-63-61-59-57-55-53-51-48-46-39-37-35-33-31-29-27-25-23-20-17-14-11-8-5-2/h7,10,16-17,19-20,24-27,30-33,36-39,41-42,88-90,94-95H,4-6,8-9,11-15,18,21-23,28-29,34-35,40,43-87H2,1-3H3,(H,99,100)(H,101,102)/b10-7-,19-16-,20-17-,26-24-,27-25-,32-30-,33-31-,38-36-,39-37-,42-41-. The van der Waals surface area contributed by atoms with Gasteiger partial charge in [0.05, 0.1) is 26.4 Å². The molecule has 5 atom stereocenters. The van der Waals surface area contributed by atoms with Gasteiger partial charge in [-0.3, -0.25) is 32.5 Å². The minimum atomic E-state index is -4.93. The van der Waals surface area contributed by atoms with Crippen molar-refractivity contribution in [1.82, 2.24) is 0 Å². The van der Waals surface area contributed by atoms with Gasteiger partial charge in [-0.25, -0.2) is 9.13 Å². The molecule has 0 aromatic carbocycles. The van der Waals surface area contributed by atoms with Crippen LogP contribution in [0.4, 0.5) is 0 Å². The number of aliphatic hydroxyl groups excluding tert-OH is 2. The van der Waals surface area contributed by atoms with Crippen LogP contribution in [0.2, 0.25) is 0 Å². The lowest BCUT2D eigenvalue weighted by atomic mass is 10.0. The third-order valence-corrected chi connectivity index (χ3v) is 21.1. The fourth-order valence-electron chi connectivity index (χ4n) is 12.4. The van der Waals surface area contributed by atoms with Crippen molar-refractivity contribution in [3.8, 4) is 0 Å². The number of aliphatic hydroxyl groups is 2. The summed E-state index contributed by atoms with van der Waals surface area (Å²) in [6.07, 6.45) is 104. The number of ether oxygens (including phenoxy) is 3. The minimum Gasteiger partial charge on any atom is -0.463 e. The Morgan fingerprint density at radius 1 is 0.261 bits per heavy atom. The molecule has 5 unspecified atom stereocenters. The zero-order valence-corrected chi connectivity index (χ0v) is 72.4. The minimum absolute atomic E-state index is 0.108.